The van der Waals surface area contributed by atoms with Gasteiger partial charge in [0.15, 0.2) is 5.82 Å². The largest absolute Gasteiger partial charge is 0.365 e. The van der Waals surface area contributed by atoms with E-state index < -0.39 is 10.0 Å². The van der Waals surface area contributed by atoms with E-state index in [4.69, 9.17) is 11.6 Å². The third kappa shape index (κ3) is 4.68. The SMILES string of the molecule is Cc1cccc(CNc2ccc(NS(=O)(=O)c3ccc(Cl)s3)nn2)c1. The fourth-order valence-electron chi connectivity index (χ4n) is 2.13. The Bertz CT molecular complexity index is 972. The lowest BCUT2D eigenvalue weighted by Crippen LogP contribution is -2.13. The minimum atomic E-state index is -3.70. The first-order valence-electron chi connectivity index (χ1n) is 7.34. The van der Waals surface area contributed by atoms with Gasteiger partial charge in [-0.25, -0.2) is 8.42 Å². The number of aryl methyl sites for hydroxylation is 1. The van der Waals surface area contributed by atoms with Gasteiger partial charge in [0.1, 0.15) is 10.0 Å². The van der Waals surface area contributed by atoms with E-state index in [-0.39, 0.29) is 10.0 Å². The van der Waals surface area contributed by atoms with Gasteiger partial charge in [0.2, 0.25) is 0 Å². The Morgan fingerprint density at radius 3 is 2.48 bits per heavy atom. The number of aromatic nitrogens is 2. The van der Waals surface area contributed by atoms with Crippen molar-refractivity contribution in [1.29, 1.82) is 0 Å². The first kappa shape index (κ1) is 17.7. The molecule has 25 heavy (non-hydrogen) atoms. The van der Waals surface area contributed by atoms with Crippen LogP contribution < -0.4 is 10.0 Å². The Hall–Kier alpha value is -2.16. The highest BCUT2D eigenvalue weighted by Crippen LogP contribution is 2.26. The number of sulfonamides is 1. The van der Waals surface area contributed by atoms with Crippen molar-refractivity contribution in [2.45, 2.75) is 17.7 Å². The van der Waals surface area contributed by atoms with Crippen LogP contribution in [0.3, 0.4) is 0 Å². The lowest BCUT2D eigenvalue weighted by molar-refractivity contribution is 0.603. The highest BCUT2D eigenvalue weighted by Gasteiger charge is 2.17. The van der Waals surface area contributed by atoms with Crippen LogP contribution in [0.5, 0.6) is 0 Å². The van der Waals surface area contributed by atoms with Crippen LogP contribution in [0.1, 0.15) is 11.1 Å². The molecule has 0 unspecified atom stereocenters. The lowest BCUT2D eigenvalue weighted by Gasteiger charge is -2.08. The molecule has 3 rings (SSSR count). The zero-order valence-corrected chi connectivity index (χ0v) is 15.6. The monoisotopic (exact) mass is 394 g/mol. The third-order valence-electron chi connectivity index (χ3n) is 3.27. The van der Waals surface area contributed by atoms with E-state index >= 15 is 0 Å². The van der Waals surface area contributed by atoms with Crippen molar-refractivity contribution in [2.75, 3.05) is 10.0 Å². The summed E-state index contributed by atoms with van der Waals surface area (Å²) in [6, 6.07) is 14.3. The second kappa shape index (κ2) is 7.38. The summed E-state index contributed by atoms with van der Waals surface area (Å²) in [5.41, 5.74) is 2.31. The van der Waals surface area contributed by atoms with E-state index in [9.17, 15) is 8.42 Å². The molecular weight excluding hydrogens is 380 g/mol. The number of rotatable bonds is 6. The van der Waals surface area contributed by atoms with Crippen LogP contribution in [0.4, 0.5) is 11.6 Å². The van der Waals surface area contributed by atoms with Gasteiger partial charge in [-0.1, -0.05) is 41.4 Å². The molecule has 2 aromatic heterocycles. The van der Waals surface area contributed by atoms with Crippen LogP contribution in [0, 0.1) is 6.92 Å². The molecule has 9 heteroatoms. The normalized spacial score (nSPS) is 11.3. The van der Waals surface area contributed by atoms with Crippen LogP contribution in [0.25, 0.3) is 0 Å². The van der Waals surface area contributed by atoms with Crippen molar-refractivity contribution in [3.63, 3.8) is 0 Å². The molecule has 0 saturated carbocycles. The molecule has 3 aromatic rings. The van der Waals surface area contributed by atoms with Crippen molar-refractivity contribution in [2.24, 2.45) is 0 Å². The molecule has 0 spiro atoms. The molecule has 0 fully saturated rings. The Balaban J connectivity index is 1.64. The average molecular weight is 395 g/mol. The maximum absolute atomic E-state index is 12.2. The van der Waals surface area contributed by atoms with Crippen LogP contribution in [-0.4, -0.2) is 18.6 Å². The van der Waals surface area contributed by atoms with E-state index in [1.54, 1.807) is 12.1 Å². The van der Waals surface area contributed by atoms with E-state index in [0.717, 1.165) is 16.9 Å². The number of halogens is 1. The average Bonchev–Trinajstić information content (AvgIpc) is 3.02. The summed E-state index contributed by atoms with van der Waals surface area (Å²) >= 11 is 6.75. The Kier molecular flexibility index (Phi) is 5.22. The van der Waals surface area contributed by atoms with E-state index in [0.29, 0.717) is 16.7 Å². The molecule has 1 aromatic carbocycles. The summed E-state index contributed by atoms with van der Waals surface area (Å²) in [5, 5.41) is 11.0. The van der Waals surface area contributed by atoms with Crippen molar-refractivity contribution < 1.29 is 8.42 Å². The smallest absolute Gasteiger partial charge is 0.272 e. The van der Waals surface area contributed by atoms with E-state index in [1.165, 1.54) is 17.7 Å². The van der Waals surface area contributed by atoms with E-state index in [2.05, 4.69) is 26.3 Å². The summed E-state index contributed by atoms with van der Waals surface area (Å²) in [6.07, 6.45) is 0. The second-order valence-corrected chi connectivity index (χ2v) is 8.93. The van der Waals surface area contributed by atoms with Gasteiger partial charge in [0.25, 0.3) is 10.0 Å². The summed E-state index contributed by atoms with van der Waals surface area (Å²) in [5.74, 6) is 0.703. The Labute approximate surface area is 154 Å². The molecule has 2 heterocycles. The molecule has 2 N–H and O–H groups in total. The predicted molar refractivity (Wildman–Crippen MR) is 101 cm³/mol. The highest BCUT2D eigenvalue weighted by molar-refractivity contribution is 7.94. The standard InChI is InChI=1S/C16H15ClN4O2S2/c1-11-3-2-4-12(9-11)10-18-14-6-7-15(20-19-14)21-25(22,23)16-8-5-13(17)24-16/h2-9H,10H2,1H3,(H,18,19)(H,20,21). The minimum absolute atomic E-state index is 0.126. The van der Waals surface area contributed by atoms with Gasteiger partial charge in [0, 0.05) is 6.54 Å². The molecule has 0 bridgehead atoms. The van der Waals surface area contributed by atoms with Gasteiger partial charge < -0.3 is 5.32 Å². The first-order chi connectivity index (χ1) is 11.9. The number of anilines is 2. The molecule has 6 nitrogen and oxygen atoms in total. The predicted octanol–water partition coefficient (Wildman–Crippen LogP) is 3.91. The number of hydrogen-bond acceptors (Lipinski definition) is 6. The second-order valence-electron chi connectivity index (χ2n) is 5.31. The molecule has 0 radical (unpaired) electrons. The molecule has 0 atom stereocenters. The summed E-state index contributed by atoms with van der Waals surface area (Å²) in [7, 11) is -3.70. The number of benzene rings is 1. The zero-order valence-electron chi connectivity index (χ0n) is 13.2. The Morgan fingerprint density at radius 2 is 1.84 bits per heavy atom. The van der Waals surface area contributed by atoms with Crippen molar-refractivity contribution >= 4 is 44.6 Å². The molecule has 0 aliphatic rings. The van der Waals surface area contributed by atoms with Crippen LogP contribution >= 0.6 is 22.9 Å². The highest BCUT2D eigenvalue weighted by atomic mass is 35.5. The minimum Gasteiger partial charge on any atom is -0.365 e. The van der Waals surface area contributed by atoms with Crippen molar-refractivity contribution in [3.05, 3.63) is 64.0 Å². The molecule has 0 saturated heterocycles. The van der Waals surface area contributed by atoms with Gasteiger partial charge in [-0.05, 0) is 36.8 Å². The van der Waals surface area contributed by atoms with Gasteiger partial charge in [-0.3, -0.25) is 4.72 Å². The third-order valence-corrected chi connectivity index (χ3v) is 6.35. The van der Waals surface area contributed by atoms with Gasteiger partial charge in [-0.2, -0.15) is 0 Å². The van der Waals surface area contributed by atoms with Gasteiger partial charge in [0.05, 0.1) is 4.34 Å². The fraction of sp³-hybridized carbons (Fsp3) is 0.125. The first-order valence-corrected chi connectivity index (χ1v) is 10.0. The lowest BCUT2D eigenvalue weighted by atomic mass is 10.1. The molecule has 130 valence electrons. The van der Waals surface area contributed by atoms with E-state index in [1.807, 2.05) is 25.1 Å². The number of nitrogens with zero attached hydrogens (tertiary/aromatic N) is 2. The van der Waals surface area contributed by atoms with Gasteiger partial charge >= 0.3 is 0 Å². The van der Waals surface area contributed by atoms with Crippen molar-refractivity contribution in [1.82, 2.24) is 10.2 Å². The molecule has 0 amide bonds. The summed E-state index contributed by atoms with van der Waals surface area (Å²) in [6.45, 7) is 2.64. The topological polar surface area (TPSA) is 84.0 Å². The number of hydrogen-bond donors (Lipinski definition) is 2. The van der Waals surface area contributed by atoms with Crippen LogP contribution in [0.15, 0.2) is 52.7 Å². The zero-order chi connectivity index (χ0) is 17.9. The maximum Gasteiger partial charge on any atom is 0.272 e. The molecule has 0 aliphatic heterocycles. The van der Waals surface area contributed by atoms with Gasteiger partial charge in [-0.15, -0.1) is 21.5 Å². The molecule has 0 aliphatic carbocycles. The summed E-state index contributed by atoms with van der Waals surface area (Å²) in [4.78, 5) is 0. The van der Waals surface area contributed by atoms with Crippen LogP contribution in [0.2, 0.25) is 4.34 Å². The summed E-state index contributed by atoms with van der Waals surface area (Å²) < 4.78 is 27.3. The van der Waals surface area contributed by atoms with Crippen molar-refractivity contribution in [3.8, 4) is 0 Å². The Morgan fingerprint density at radius 1 is 1.08 bits per heavy atom. The number of thiophene rings is 1. The number of nitrogens with one attached hydrogen (secondary N) is 2. The van der Waals surface area contributed by atoms with Crippen LogP contribution in [-0.2, 0) is 16.6 Å². The quantitative estimate of drug-likeness (QED) is 0.662. The fourth-order valence-corrected chi connectivity index (χ4v) is 4.60. The maximum atomic E-state index is 12.2. The molecular formula is C16H15ClN4O2S2.